The summed E-state index contributed by atoms with van der Waals surface area (Å²) in [5.41, 5.74) is 5.25. The van der Waals surface area contributed by atoms with Crippen molar-refractivity contribution in [1.82, 2.24) is 4.90 Å². The number of hydrogen-bond acceptors (Lipinski definition) is 7. The number of thioether (sulfide) groups is 1. The van der Waals surface area contributed by atoms with Gasteiger partial charge in [-0.3, -0.25) is 14.5 Å². The van der Waals surface area contributed by atoms with Crippen molar-refractivity contribution in [1.29, 1.82) is 0 Å². The number of fused-ring (bicyclic) bond motifs is 1. The van der Waals surface area contributed by atoms with Crippen molar-refractivity contribution in [2.24, 2.45) is 0 Å². The maximum atomic E-state index is 13.1. The van der Waals surface area contributed by atoms with Gasteiger partial charge < -0.3 is 20.1 Å². The highest BCUT2D eigenvalue weighted by atomic mass is 32.2. The summed E-state index contributed by atoms with van der Waals surface area (Å²) in [7, 11) is 0. The maximum absolute atomic E-state index is 13.1. The molecule has 5 rings (SSSR count). The lowest BCUT2D eigenvalue weighted by Gasteiger charge is -2.38. The lowest BCUT2D eigenvalue weighted by molar-refractivity contribution is -0.227. The van der Waals surface area contributed by atoms with Crippen molar-refractivity contribution < 1.29 is 29.6 Å². The smallest absolute Gasteiger partial charge is 0.304 e. The molecule has 0 aliphatic carbocycles. The van der Waals surface area contributed by atoms with Gasteiger partial charge in [0.05, 0.1) is 18.1 Å². The quantitative estimate of drug-likeness (QED) is 0.171. The van der Waals surface area contributed by atoms with Gasteiger partial charge in [-0.25, -0.2) is 0 Å². The highest BCUT2D eigenvalue weighted by molar-refractivity contribution is 7.99. The van der Waals surface area contributed by atoms with Crippen LogP contribution < -0.4 is 4.74 Å². The molecule has 1 atom stereocenters. The first kappa shape index (κ1) is 29.7. The van der Waals surface area contributed by atoms with E-state index < -0.39 is 17.8 Å². The molecule has 1 aliphatic heterocycles. The van der Waals surface area contributed by atoms with Crippen LogP contribution in [0.15, 0.2) is 66.0 Å². The maximum Gasteiger partial charge on any atom is 0.304 e. The predicted molar refractivity (Wildman–Crippen MR) is 167 cm³/mol. The Balaban J connectivity index is 1.32. The number of carbonyl (C=O) groups is 2. The topological polar surface area (TPSA) is 107 Å². The molecule has 9 heteroatoms. The average Bonchev–Trinajstić information content (AvgIpc) is 3.38. The Labute approximate surface area is 252 Å². The number of aliphatic hydroxyl groups is 2. The van der Waals surface area contributed by atoms with E-state index in [1.165, 1.54) is 11.8 Å². The van der Waals surface area contributed by atoms with Gasteiger partial charge in [0.15, 0.2) is 0 Å². The van der Waals surface area contributed by atoms with Crippen LogP contribution in [0, 0.1) is 18.8 Å². The van der Waals surface area contributed by atoms with Crippen molar-refractivity contribution in [2.75, 3.05) is 18.1 Å². The Kier molecular flexibility index (Phi) is 8.90. The monoisotopic (exact) mass is 601 g/mol. The number of ether oxygens (including phenoxy) is 1. The molecule has 1 aliphatic rings. The van der Waals surface area contributed by atoms with Crippen LogP contribution >= 0.6 is 23.1 Å². The molecule has 1 fully saturated rings. The number of aliphatic carboxylic acids is 1. The molecule has 0 bridgehead atoms. The normalized spacial score (nSPS) is 15.1. The van der Waals surface area contributed by atoms with Crippen molar-refractivity contribution in [3.8, 4) is 28.7 Å². The number of hydrogen-bond donors (Lipinski definition) is 3. The largest absolute Gasteiger partial charge is 0.489 e. The van der Waals surface area contributed by atoms with Gasteiger partial charge in [0.25, 0.3) is 11.8 Å². The van der Waals surface area contributed by atoms with Crippen molar-refractivity contribution in [3.63, 3.8) is 0 Å². The molecular weight excluding hydrogens is 570 g/mol. The number of amides is 1. The number of rotatable bonds is 8. The first-order valence-corrected chi connectivity index (χ1v) is 15.5. The highest BCUT2D eigenvalue weighted by Gasteiger charge is 2.38. The van der Waals surface area contributed by atoms with Gasteiger partial charge in [-0.1, -0.05) is 30.2 Å². The molecule has 216 valence electrons. The summed E-state index contributed by atoms with van der Waals surface area (Å²) in [6, 6.07) is 19.1. The number of carboxylic acid groups (broad SMARTS) is 1. The summed E-state index contributed by atoms with van der Waals surface area (Å²) in [5.74, 6) is 3.38. The lowest BCUT2D eigenvalue weighted by Crippen LogP contribution is -2.57. The van der Waals surface area contributed by atoms with Crippen molar-refractivity contribution >= 4 is 45.1 Å². The van der Waals surface area contributed by atoms with Crippen LogP contribution in [0.3, 0.4) is 0 Å². The Morgan fingerprint density at radius 1 is 1.07 bits per heavy atom. The number of nitrogens with zero attached hydrogens (tertiary/aromatic N) is 1. The Morgan fingerprint density at radius 2 is 1.86 bits per heavy atom. The molecular formula is C33H31NO6S2. The average molecular weight is 602 g/mol. The molecule has 1 amide bonds. The molecule has 3 N–H and O–H groups in total. The summed E-state index contributed by atoms with van der Waals surface area (Å²) < 4.78 is 7.18. The minimum Gasteiger partial charge on any atom is -0.489 e. The molecule has 0 saturated carbocycles. The van der Waals surface area contributed by atoms with Gasteiger partial charge >= 0.3 is 5.97 Å². The van der Waals surface area contributed by atoms with Crippen molar-refractivity contribution in [2.45, 2.75) is 38.7 Å². The van der Waals surface area contributed by atoms with Crippen LogP contribution in [-0.4, -0.2) is 56.1 Å². The number of carbonyl (C=O) groups excluding carboxylic acids is 1. The van der Waals surface area contributed by atoms with Crippen LogP contribution in [0.5, 0.6) is 5.75 Å². The van der Waals surface area contributed by atoms with Crippen LogP contribution in [0.2, 0.25) is 0 Å². The fourth-order valence-corrected chi connectivity index (χ4v) is 6.91. The van der Waals surface area contributed by atoms with Crippen LogP contribution in [0.25, 0.3) is 21.2 Å². The van der Waals surface area contributed by atoms with Gasteiger partial charge in [0.1, 0.15) is 12.4 Å². The van der Waals surface area contributed by atoms with E-state index >= 15 is 0 Å². The summed E-state index contributed by atoms with van der Waals surface area (Å²) in [6.45, 7) is 4.30. The summed E-state index contributed by atoms with van der Waals surface area (Å²) in [5, 5.41) is 33.0. The van der Waals surface area contributed by atoms with Gasteiger partial charge in [-0.2, -0.15) is 11.8 Å². The molecule has 1 aromatic heterocycles. The summed E-state index contributed by atoms with van der Waals surface area (Å²) in [6.07, 6.45) is -0.0494. The molecule has 42 heavy (non-hydrogen) atoms. The van der Waals surface area contributed by atoms with Crippen LogP contribution in [-0.2, 0) is 11.4 Å². The fourth-order valence-electron chi connectivity index (χ4n) is 5.08. The zero-order valence-corrected chi connectivity index (χ0v) is 24.9. The van der Waals surface area contributed by atoms with E-state index in [0.29, 0.717) is 23.7 Å². The van der Waals surface area contributed by atoms with Gasteiger partial charge in [0.2, 0.25) is 0 Å². The third-order valence-electron chi connectivity index (χ3n) is 7.22. The Morgan fingerprint density at radius 3 is 2.55 bits per heavy atom. The van der Waals surface area contributed by atoms with E-state index in [4.69, 9.17) is 4.74 Å². The summed E-state index contributed by atoms with van der Waals surface area (Å²) >= 11 is 3.06. The number of carboxylic acids is 1. The van der Waals surface area contributed by atoms with Gasteiger partial charge in [-0.05, 0) is 77.9 Å². The molecule has 0 radical (unpaired) electrons. The predicted octanol–water partition coefficient (Wildman–Crippen LogP) is 5.86. The van der Waals surface area contributed by atoms with Gasteiger partial charge in [-0.15, -0.1) is 17.3 Å². The number of thiophene rings is 1. The standard InChI is InChI=1S/C33H31NO6S2/c1-3-4-24(17-31(35)36)23-6-9-26(10-7-23)40-18-22-5-12-30-28(16-22)29(19-42-30)27-11-8-25(15-21(27)2)32(37)34-13-14-41-20-33(34,38)39/h5-12,15-16,19,24,38-39H,13-14,17-18,20H2,1-2H3,(H,35,36). The second kappa shape index (κ2) is 12.6. The highest BCUT2D eigenvalue weighted by Crippen LogP contribution is 2.37. The zero-order valence-electron chi connectivity index (χ0n) is 23.3. The first-order chi connectivity index (χ1) is 20.2. The summed E-state index contributed by atoms with van der Waals surface area (Å²) in [4.78, 5) is 25.4. The SMILES string of the molecule is CC#CC(CC(=O)O)c1ccc(OCc2ccc3scc(-c4ccc(C(=O)N5CCSCC5(O)O)cc4C)c3c2)cc1. The minimum absolute atomic E-state index is 0.0494. The molecule has 1 unspecified atom stereocenters. The van der Waals surface area contributed by atoms with Crippen LogP contribution in [0.1, 0.15) is 46.3 Å². The minimum atomic E-state index is -2.15. The zero-order chi connectivity index (χ0) is 29.9. The Bertz CT molecular complexity index is 1680. The first-order valence-electron chi connectivity index (χ1n) is 13.5. The van der Waals surface area contributed by atoms with Gasteiger partial charge in [0, 0.05) is 33.5 Å². The molecule has 2 heterocycles. The van der Waals surface area contributed by atoms with E-state index in [-0.39, 0.29) is 24.6 Å². The van der Waals surface area contributed by atoms with E-state index in [9.17, 15) is 24.9 Å². The van der Waals surface area contributed by atoms with E-state index in [1.54, 1.807) is 24.3 Å². The lowest BCUT2D eigenvalue weighted by atomic mass is 9.96. The van der Waals surface area contributed by atoms with E-state index in [1.807, 2.05) is 49.4 Å². The van der Waals surface area contributed by atoms with E-state index in [0.717, 1.165) is 42.8 Å². The number of aryl methyl sites for hydroxylation is 1. The molecule has 7 nitrogen and oxygen atoms in total. The molecule has 3 aromatic carbocycles. The van der Waals surface area contributed by atoms with Crippen LogP contribution in [0.4, 0.5) is 0 Å². The third kappa shape index (κ3) is 6.48. The second-order valence-electron chi connectivity index (χ2n) is 10.2. The third-order valence-corrected chi connectivity index (χ3v) is 9.25. The van der Waals surface area contributed by atoms with E-state index in [2.05, 4.69) is 29.4 Å². The molecule has 0 spiro atoms. The van der Waals surface area contributed by atoms with Crippen molar-refractivity contribution in [3.05, 3.63) is 88.3 Å². The number of benzene rings is 3. The second-order valence-corrected chi connectivity index (χ2v) is 12.2. The fraction of sp³-hybridized carbons (Fsp3) is 0.273. The Hall–Kier alpha value is -3.81. The molecule has 1 saturated heterocycles. The molecule has 4 aromatic rings.